The van der Waals surface area contributed by atoms with Crippen LogP contribution in [0.3, 0.4) is 0 Å². The molecule has 1 aromatic rings. The Morgan fingerprint density at radius 2 is 2.29 bits per heavy atom. The SMILES string of the molecule is Cc1cccc(CN(C)C(N)=NN)n1. The predicted octanol–water partition coefficient (Wildman–Crippen LogP) is 0.0102. The van der Waals surface area contributed by atoms with Gasteiger partial charge in [-0.2, -0.15) is 0 Å². The molecule has 0 aliphatic heterocycles. The van der Waals surface area contributed by atoms with Crippen LogP contribution in [-0.2, 0) is 6.54 Å². The minimum absolute atomic E-state index is 0.299. The lowest BCUT2D eigenvalue weighted by Crippen LogP contribution is -2.34. The van der Waals surface area contributed by atoms with Crippen molar-refractivity contribution in [1.82, 2.24) is 9.88 Å². The number of nitrogens with zero attached hydrogens (tertiary/aromatic N) is 3. The van der Waals surface area contributed by atoms with E-state index in [0.29, 0.717) is 12.5 Å². The molecule has 0 aliphatic carbocycles. The van der Waals surface area contributed by atoms with E-state index in [4.69, 9.17) is 11.6 Å². The Labute approximate surface area is 83.4 Å². The van der Waals surface area contributed by atoms with Crippen LogP contribution in [0.4, 0.5) is 0 Å². The van der Waals surface area contributed by atoms with Gasteiger partial charge in [0.1, 0.15) is 0 Å². The van der Waals surface area contributed by atoms with Crippen molar-refractivity contribution in [3.8, 4) is 0 Å². The molecule has 0 aliphatic rings. The first-order chi connectivity index (χ1) is 6.63. The average Bonchev–Trinajstić information content (AvgIpc) is 2.16. The lowest BCUT2D eigenvalue weighted by atomic mass is 10.3. The van der Waals surface area contributed by atoms with Crippen molar-refractivity contribution in [2.24, 2.45) is 16.7 Å². The largest absolute Gasteiger partial charge is 0.368 e. The molecule has 5 nitrogen and oxygen atoms in total. The minimum atomic E-state index is 0.299. The number of rotatable bonds is 2. The molecular formula is C9H15N5. The number of pyridine rings is 1. The van der Waals surface area contributed by atoms with Gasteiger partial charge in [-0.05, 0) is 19.1 Å². The molecule has 0 amide bonds. The Kier molecular flexibility index (Phi) is 3.28. The Bertz CT molecular complexity index is 334. The first-order valence-corrected chi connectivity index (χ1v) is 4.30. The zero-order valence-electron chi connectivity index (χ0n) is 8.44. The highest BCUT2D eigenvalue weighted by atomic mass is 15.3. The molecule has 0 unspecified atom stereocenters. The normalized spacial score (nSPS) is 11.4. The molecule has 1 heterocycles. The van der Waals surface area contributed by atoms with Crippen LogP contribution < -0.4 is 11.6 Å². The summed E-state index contributed by atoms with van der Waals surface area (Å²) < 4.78 is 0. The van der Waals surface area contributed by atoms with E-state index < -0.39 is 0 Å². The fourth-order valence-corrected chi connectivity index (χ4v) is 1.11. The molecule has 14 heavy (non-hydrogen) atoms. The van der Waals surface area contributed by atoms with Crippen molar-refractivity contribution >= 4 is 5.96 Å². The van der Waals surface area contributed by atoms with Crippen LogP contribution in [0.15, 0.2) is 23.3 Å². The highest BCUT2D eigenvalue weighted by Crippen LogP contribution is 2.00. The number of nitrogens with two attached hydrogens (primary N) is 2. The molecule has 1 rings (SSSR count). The summed E-state index contributed by atoms with van der Waals surface area (Å²) >= 11 is 0. The van der Waals surface area contributed by atoms with Crippen molar-refractivity contribution < 1.29 is 0 Å². The number of guanidine groups is 1. The van der Waals surface area contributed by atoms with Crippen molar-refractivity contribution in [3.05, 3.63) is 29.6 Å². The van der Waals surface area contributed by atoms with Gasteiger partial charge in [0.25, 0.3) is 0 Å². The van der Waals surface area contributed by atoms with E-state index in [1.807, 2.05) is 32.2 Å². The maximum Gasteiger partial charge on any atom is 0.213 e. The third kappa shape index (κ3) is 2.62. The fourth-order valence-electron chi connectivity index (χ4n) is 1.11. The van der Waals surface area contributed by atoms with E-state index >= 15 is 0 Å². The molecule has 5 heteroatoms. The smallest absolute Gasteiger partial charge is 0.213 e. The van der Waals surface area contributed by atoms with Gasteiger partial charge in [-0.1, -0.05) is 6.07 Å². The summed E-state index contributed by atoms with van der Waals surface area (Å²) in [6.07, 6.45) is 0. The molecule has 0 saturated heterocycles. The van der Waals surface area contributed by atoms with Gasteiger partial charge in [0.05, 0.1) is 12.2 Å². The second-order valence-electron chi connectivity index (χ2n) is 3.11. The van der Waals surface area contributed by atoms with Crippen LogP contribution in [-0.4, -0.2) is 22.9 Å². The predicted molar refractivity (Wildman–Crippen MR) is 56.3 cm³/mol. The third-order valence-electron chi connectivity index (χ3n) is 1.87. The van der Waals surface area contributed by atoms with E-state index in [1.165, 1.54) is 0 Å². The van der Waals surface area contributed by atoms with Crippen LogP contribution in [0.1, 0.15) is 11.4 Å². The maximum absolute atomic E-state index is 5.53. The Hall–Kier alpha value is -1.78. The molecule has 0 atom stereocenters. The number of hydrogen-bond acceptors (Lipinski definition) is 3. The van der Waals surface area contributed by atoms with Crippen molar-refractivity contribution in [2.75, 3.05) is 7.05 Å². The van der Waals surface area contributed by atoms with E-state index in [-0.39, 0.29) is 0 Å². The summed E-state index contributed by atoms with van der Waals surface area (Å²) in [5.74, 6) is 5.36. The Morgan fingerprint density at radius 1 is 1.57 bits per heavy atom. The van der Waals surface area contributed by atoms with Crippen molar-refractivity contribution in [3.63, 3.8) is 0 Å². The van der Waals surface area contributed by atoms with Gasteiger partial charge in [0.2, 0.25) is 5.96 Å². The van der Waals surface area contributed by atoms with Crippen LogP contribution in [0, 0.1) is 6.92 Å². The van der Waals surface area contributed by atoms with Crippen LogP contribution in [0.5, 0.6) is 0 Å². The summed E-state index contributed by atoms with van der Waals surface area (Å²) in [4.78, 5) is 6.07. The summed E-state index contributed by atoms with van der Waals surface area (Å²) in [7, 11) is 1.82. The number of hydrogen-bond donors (Lipinski definition) is 2. The Morgan fingerprint density at radius 3 is 2.86 bits per heavy atom. The quantitative estimate of drug-likeness (QED) is 0.300. The van der Waals surface area contributed by atoms with Crippen molar-refractivity contribution in [1.29, 1.82) is 0 Å². The van der Waals surface area contributed by atoms with Gasteiger partial charge in [-0.25, -0.2) is 0 Å². The molecule has 0 aromatic carbocycles. The number of aromatic nitrogens is 1. The highest BCUT2D eigenvalue weighted by Gasteiger charge is 2.03. The Balaban J connectivity index is 2.69. The third-order valence-corrected chi connectivity index (χ3v) is 1.87. The van der Waals surface area contributed by atoms with Crippen LogP contribution in [0.2, 0.25) is 0 Å². The van der Waals surface area contributed by atoms with Gasteiger partial charge in [-0.15, -0.1) is 5.10 Å². The topological polar surface area (TPSA) is 80.5 Å². The summed E-state index contributed by atoms with van der Waals surface area (Å²) in [6.45, 7) is 2.55. The first kappa shape index (κ1) is 10.3. The van der Waals surface area contributed by atoms with Crippen molar-refractivity contribution in [2.45, 2.75) is 13.5 Å². The van der Waals surface area contributed by atoms with Gasteiger partial charge in [0.15, 0.2) is 0 Å². The van der Waals surface area contributed by atoms with Gasteiger partial charge < -0.3 is 16.5 Å². The van der Waals surface area contributed by atoms with Gasteiger partial charge in [0, 0.05) is 12.7 Å². The van der Waals surface area contributed by atoms with Crippen LogP contribution >= 0.6 is 0 Å². The summed E-state index contributed by atoms with van der Waals surface area (Å²) in [5, 5.41) is 3.40. The molecular weight excluding hydrogens is 178 g/mol. The van der Waals surface area contributed by atoms with E-state index in [9.17, 15) is 0 Å². The van der Waals surface area contributed by atoms with Crippen LogP contribution in [0.25, 0.3) is 0 Å². The number of aryl methyl sites for hydroxylation is 1. The average molecular weight is 193 g/mol. The minimum Gasteiger partial charge on any atom is -0.368 e. The zero-order chi connectivity index (χ0) is 10.6. The van der Waals surface area contributed by atoms with E-state index in [2.05, 4.69) is 10.1 Å². The fraction of sp³-hybridized carbons (Fsp3) is 0.333. The molecule has 0 radical (unpaired) electrons. The molecule has 4 N–H and O–H groups in total. The molecule has 0 spiro atoms. The molecule has 0 saturated carbocycles. The second-order valence-corrected chi connectivity index (χ2v) is 3.11. The van der Waals surface area contributed by atoms with E-state index in [0.717, 1.165) is 11.4 Å². The first-order valence-electron chi connectivity index (χ1n) is 4.30. The molecule has 0 fully saturated rings. The highest BCUT2D eigenvalue weighted by molar-refractivity contribution is 5.77. The lowest BCUT2D eigenvalue weighted by molar-refractivity contribution is 0.484. The van der Waals surface area contributed by atoms with Gasteiger partial charge in [-0.3, -0.25) is 4.98 Å². The summed E-state index contributed by atoms with van der Waals surface area (Å²) in [5.41, 5.74) is 7.45. The molecule has 0 bridgehead atoms. The second kappa shape index (κ2) is 4.45. The van der Waals surface area contributed by atoms with E-state index in [1.54, 1.807) is 4.90 Å². The van der Waals surface area contributed by atoms with Gasteiger partial charge >= 0.3 is 0 Å². The summed E-state index contributed by atoms with van der Waals surface area (Å²) in [6, 6.07) is 5.85. The monoisotopic (exact) mass is 193 g/mol. The maximum atomic E-state index is 5.53. The molecule has 76 valence electrons. The number of hydrazone groups is 1. The molecule has 1 aromatic heterocycles. The standard InChI is InChI=1S/C9H15N5/c1-7-4-3-5-8(12-7)6-14(2)9(10)13-11/h3-5H,6,11H2,1-2H3,(H2,10,13). The zero-order valence-corrected chi connectivity index (χ0v) is 8.44. The lowest BCUT2D eigenvalue weighted by Gasteiger charge is -2.16.